The molecule has 2 aromatic rings. The fourth-order valence-electron chi connectivity index (χ4n) is 1.06. The molecule has 5 nitrogen and oxygen atoms in total. The molecule has 2 aromatic heterocycles. The van der Waals surface area contributed by atoms with E-state index < -0.39 is 0 Å². The zero-order valence-electron chi connectivity index (χ0n) is 8.07. The van der Waals surface area contributed by atoms with E-state index in [9.17, 15) is 0 Å². The summed E-state index contributed by atoms with van der Waals surface area (Å²) in [5.74, 6) is 0.607. The number of hydrogen-bond donors (Lipinski definition) is 1. The molecule has 0 bridgehead atoms. The molecule has 2 heterocycles. The van der Waals surface area contributed by atoms with E-state index in [2.05, 4.69) is 43.0 Å². The predicted octanol–water partition coefficient (Wildman–Crippen LogP) is 1.99. The van der Waals surface area contributed by atoms with Crippen molar-refractivity contribution in [3.63, 3.8) is 0 Å². The minimum Gasteiger partial charge on any atom is -0.364 e. The highest BCUT2D eigenvalue weighted by molar-refractivity contribution is 14.1. The van der Waals surface area contributed by atoms with Gasteiger partial charge in [0.15, 0.2) is 0 Å². The van der Waals surface area contributed by atoms with Crippen LogP contribution >= 0.6 is 22.6 Å². The van der Waals surface area contributed by atoms with Crippen molar-refractivity contribution in [2.24, 2.45) is 0 Å². The molecule has 0 spiro atoms. The maximum atomic E-state index is 4.82. The number of hydrogen-bond acceptors (Lipinski definition) is 5. The molecule has 0 aromatic carbocycles. The Bertz CT molecular complexity index is 440. The molecule has 0 amide bonds. The van der Waals surface area contributed by atoms with E-state index in [-0.39, 0.29) is 0 Å². The zero-order chi connectivity index (χ0) is 10.7. The summed E-state index contributed by atoms with van der Waals surface area (Å²) in [4.78, 5) is 8.25. The number of aromatic nitrogens is 3. The van der Waals surface area contributed by atoms with Crippen molar-refractivity contribution in [2.45, 2.75) is 13.5 Å². The van der Waals surface area contributed by atoms with Gasteiger partial charge in [0.05, 0.1) is 5.69 Å². The van der Waals surface area contributed by atoms with Gasteiger partial charge in [-0.25, -0.2) is 9.97 Å². The van der Waals surface area contributed by atoms with Crippen LogP contribution in [0.1, 0.15) is 11.3 Å². The van der Waals surface area contributed by atoms with Crippen LogP contribution in [0.3, 0.4) is 0 Å². The molecule has 0 unspecified atom stereocenters. The maximum absolute atomic E-state index is 4.82. The van der Waals surface area contributed by atoms with E-state index in [1.165, 1.54) is 0 Å². The van der Waals surface area contributed by atoms with Crippen molar-refractivity contribution < 1.29 is 4.52 Å². The fourth-order valence-corrected chi connectivity index (χ4v) is 1.34. The second-order valence-electron chi connectivity index (χ2n) is 3.00. The number of halogens is 1. The topological polar surface area (TPSA) is 63.8 Å². The number of rotatable bonds is 3. The number of anilines is 1. The average molecular weight is 316 g/mol. The largest absolute Gasteiger partial charge is 0.364 e. The van der Waals surface area contributed by atoms with Crippen LogP contribution in [0, 0.1) is 10.5 Å². The smallest absolute Gasteiger partial charge is 0.222 e. The van der Waals surface area contributed by atoms with Gasteiger partial charge in [-0.05, 0) is 29.5 Å². The van der Waals surface area contributed by atoms with Crippen LogP contribution in [0.5, 0.6) is 0 Å². The first-order valence-electron chi connectivity index (χ1n) is 4.37. The normalized spacial score (nSPS) is 10.3. The first-order chi connectivity index (χ1) is 7.25. The third-order valence-corrected chi connectivity index (χ3v) is 2.46. The summed E-state index contributed by atoms with van der Waals surface area (Å²) in [6.45, 7) is 2.52. The van der Waals surface area contributed by atoms with Gasteiger partial charge in [0, 0.05) is 28.1 Å². The van der Waals surface area contributed by atoms with Crippen LogP contribution in [0.4, 0.5) is 5.95 Å². The van der Waals surface area contributed by atoms with Gasteiger partial charge in [-0.2, -0.15) is 0 Å². The van der Waals surface area contributed by atoms with Crippen molar-refractivity contribution >= 4 is 28.5 Å². The van der Waals surface area contributed by atoms with Crippen LogP contribution in [0.2, 0.25) is 0 Å². The van der Waals surface area contributed by atoms with E-state index in [0.29, 0.717) is 12.5 Å². The Labute approximate surface area is 100 Å². The summed E-state index contributed by atoms with van der Waals surface area (Å²) in [5.41, 5.74) is 1.89. The Balaban J connectivity index is 1.99. The van der Waals surface area contributed by atoms with E-state index in [0.717, 1.165) is 14.8 Å². The highest BCUT2D eigenvalue weighted by Crippen LogP contribution is 2.08. The first-order valence-corrected chi connectivity index (χ1v) is 5.45. The Kier molecular flexibility index (Phi) is 3.14. The molecule has 0 aliphatic carbocycles. The summed E-state index contributed by atoms with van der Waals surface area (Å²) in [6.07, 6.45) is 5.14. The van der Waals surface area contributed by atoms with Gasteiger partial charge in [-0.15, -0.1) is 0 Å². The molecule has 15 heavy (non-hydrogen) atoms. The van der Waals surface area contributed by atoms with E-state index in [1.807, 2.05) is 6.92 Å². The molecule has 6 heteroatoms. The molecule has 0 radical (unpaired) electrons. The van der Waals surface area contributed by atoms with Crippen LogP contribution in [-0.4, -0.2) is 15.1 Å². The van der Waals surface area contributed by atoms with Crippen LogP contribution < -0.4 is 5.32 Å². The Morgan fingerprint density at radius 1 is 1.40 bits per heavy atom. The molecule has 0 atom stereocenters. The van der Waals surface area contributed by atoms with Crippen molar-refractivity contribution in [2.75, 3.05) is 5.32 Å². The Morgan fingerprint density at radius 2 is 2.13 bits per heavy atom. The van der Waals surface area contributed by atoms with Crippen LogP contribution in [0.15, 0.2) is 23.2 Å². The molecular weight excluding hydrogens is 307 g/mol. The second-order valence-corrected chi connectivity index (χ2v) is 4.25. The third kappa shape index (κ3) is 2.65. The summed E-state index contributed by atoms with van der Waals surface area (Å²) >= 11 is 2.16. The summed E-state index contributed by atoms with van der Waals surface area (Å²) in [7, 11) is 0. The summed E-state index contributed by atoms with van der Waals surface area (Å²) < 4.78 is 5.83. The van der Waals surface area contributed by atoms with Crippen molar-refractivity contribution in [1.82, 2.24) is 15.1 Å². The van der Waals surface area contributed by atoms with E-state index >= 15 is 0 Å². The zero-order valence-corrected chi connectivity index (χ0v) is 10.2. The molecule has 0 aliphatic rings. The lowest BCUT2D eigenvalue weighted by Gasteiger charge is -2.02. The third-order valence-electron chi connectivity index (χ3n) is 1.91. The molecule has 78 valence electrons. The van der Waals surface area contributed by atoms with Crippen molar-refractivity contribution in [3.05, 3.63) is 33.5 Å². The lowest BCUT2D eigenvalue weighted by molar-refractivity contribution is 0.414. The molecule has 0 saturated carbocycles. The van der Waals surface area contributed by atoms with Crippen molar-refractivity contribution in [1.29, 1.82) is 0 Å². The quantitative estimate of drug-likeness (QED) is 0.878. The van der Waals surface area contributed by atoms with Gasteiger partial charge >= 0.3 is 0 Å². The Hall–Kier alpha value is -1.18. The van der Waals surface area contributed by atoms with Gasteiger partial charge in [0.2, 0.25) is 5.95 Å². The molecule has 0 saturated heterocycles. The van der Waals surface area contributed by atoms with Gasteiger partial charge in [-0.3, -0.25) is 0 Å². The van der Waals surface area contributed by atoms with Gasteiger partial charge in [0.1, 0.15) is 6.26 Å². The van der Waals surface area contributed by atoms with Gasteiger partial charge in [-0.1, -0.05) is 5.16 Å². The molecular formula is C9H9IN4O. The monoisotopic (exact) mass is 316 g/mol. The van der Waals surface area contributed by atoms with E-state index in [1.54, 1.807) is 18.7 Å². The highest BCUT2D eigenvalue weighted by atomic mass is 127. The highest BCUT2D eigenvalue weighted by Gasteiger charge is 2.02. The fraction of sp³-hybridized carbons (Fsp3) is 0.222. The van der Waals surface area contributed by atoms with Crippen LogP contribution in [-0.2, 0) is 6.54 Å². The standard InChI is InChI=1S/C9H9IN4O/c1-6-7(5-15-14-6)2-11-9-12-3-8(10)4-13-9/h3-5H,2H2,1H3,(H,11,12,13). The van der Waals surface area contributed by atoms with Gasteiger partial charge in [0.25, 0.3) is 0 Å². The molecule has 2 rings (SSSR count). The summed E-state index contributed by atoms with van der Waals surface area (Å²) in [6, 6.07) is 0. The first kappa shape index (κ1) is 10.3. The SMILES string of the molecule is Cc1nocc1CNc1ncc(I)cn1. The number of nitrogens with zero attached hydrogens (tertiary/aromatic N) is 3. The molecule has 1 N–H and O–H groups in total. The minimum absolute atomic E-state index is 0.607. The minimum atomic E-state index is 0.607. The number of aryl methyl sites for hydroxylation is 1. The van der Waals surface area contributed by atoms with Crippen molar-refractivity contribution in [3.8, 4) is 0 Å². The Morgan fingerprint density at radius 3 is 2.73 bits per heavy atom. The number of nitrogens with one attached hydrogen (secondary N) is 1. The molecule has 0 aliphatic heterocycles. The molecule has 0 fully saturated rings. The average Bonchev–Trinajstić information content (AvgIpc) is 2.63. The van der Waals surface area contributed by atoms with E-state index in [4.69, 9.17) is 4.52 Å². The second kappa shape index (κ2) is 4.56. The van der Waals surface area contributed by atoms with Crippen LogP contribution in [0.25, 0.3) is 0 Å². The van der Waals surface area contributed by atoms with Gasteiger partial charge < -0.3 is 9.84 Å². The maximum Gasteiger partial charge on any atom is 0.222 e. The predicted molar refractivity (Wildman–Crippen MR) is 63.3 cm³/mol. The lowest BCUT2D eigenvalue weighted by atomic mass is 10.3. The summed E-state index contributed by atoms with van der Waals surface area (Å²) in [5, 5.41) is 6.88. The lowest BCUT2D eigenvalue weighted by Crippen LogP contribution is -2.03.